The van der Waals surface area contributed by atoms with Gasteiger partial charge in [-0.05, 0) is 81.7 Å². The van der Waals surface area contributed by atoms with Crippen molar-refractivity contribution in [2.24, 2.45) is 0 Å². The molecule has 5 nitrogen and oxygen atoms in total. The summed E-state index contributed by atoms with van der Waals surface area (Å²) in [5.41, 5.74) is 0.665. The monoisotopic (exact) mass is 556 g/mol. The Morgan fingerprint density at radius 3 is 1.83 bits per heavy atom. The predicted octanol–water partition coefficient (Wildman–Crippen LogP) is 7.59. The topological polar surface area (TPSA) is 71.3 Å². The second kappa shape index (κ2) is 11.5. The fourth-order valence-electron chi connectivity index (χ4n) is 2.98. The summed E-state index contributed by atoms with van der Waals surface area (Å²) in [7, 11) is -5.99. The lowest BCUT2D eigenvalue weighted by Gasteiger charge is -2.47. The second-order valence-corrected chi connectivity index (χ2v) is 25.3. The van der Waals surface area contributed by atoms with Crippen LogP contribution in [-0.4, -0.2) is 37.7 Å². The van der Waals surface area contributed by atoms with E-state index in [2.05, 4.69) is 72.5 Å². The van der Waals surface area contributed by atoms with E-state index in [9.17, 15) is 13.9 Å². The number of halogens is 1. The number of rotatable bonds is 9. The molecule has 0 fully saturated rings. The Hall–Kier alpha value is -0.896. The predicted molar refractivity (Wildman–Crippen MR) is 155 cm³/mol. The fraction of sp³-hybridized carbons (Fsp3) is 0.741. The second-order valence-electron chi connectivity index (χ2n) is 13.8. The molecule has 0 saturated heterocycles. The number of benzene rings is 1. The Balaban J connectivity index is 3.79. The molecule has 9 heteroatoms. The first-order valence-electron chi connectivity index (χ1n) is 12.7. The summed E-state index contributed by atoms with van der Waals surface area (Å²) in [5.74, 6) is -0.561. The van der Waals surface area contributed by atoms with Gasteiger partial charge >= 0.3 is 0 Å². The third-order valence-corrected chi connectivity index (χ3v) is 18.2. The zero-order valence-corrected chi connectivity index (χ0v) is 27.7. The third kappa shape index (κ3) is 8.30. The van der Waals surface area contributed by atoms with E-state index in [-0.39, 0.29) is 21.7 Å². The molecule has 1 aromatic carbocycles. The summed E-state index contributed by atoms with van der Waals surface area (Å²) in [6, 6.07) is 6.20. The average molecular weight is 557 g/mol. The third-order valence-electron chi connectivity index (χ3n) is 7.54. The first kappa shape index (κ1) is 33.1. The van der Waals surface area contributed by atoms with Crippen molar-refractivity contribution >= 4 is 27.6 Å². The maximum absolute atomic E-state index is 14.3. The quantitative estimate of drug-likeness (QED) is 0.318. The average Bonchev–Trinajstić information content (AvgIpc) is 2.68. The van der Waals surface area contributed by atoms with Crippen LogP contribution in [0, 0.1) is 17.1 Å². The molecular formula is C27H49FN2O3SSi2. The van der Waals surface area contributed by atoms with E-state index < -0.39 is 50.4 Å². The van der Waals surface area contributed by atoms with E-state index >= 15 is 0 Å². The van der Waals surface area contributed by atoms with Crippen LogP contribution in [0.5, 0.6) is 0 Å². The van der Waals surface area contributed by atoms with Crippen molar-refractivity contribution in [3.05, 3.63) is 35.1 Å². The highest BCUT2D eigenvalue weighted by atomic mass is 32.2. The molecule has 0 heterocycles. The van der Waals surface area contributed by atoms with Gasteiger partial charge in [-0.15, -0.1) is 0 Å². The van der Waals surface area contributed by atoms with Crippen molar-refractivity contribution in [3.63, 3.8) is 0 Å². The minimum atomic E-state index is -2.34. The zero-order chi connectivity index (χ0) is 28.5. The number of hydrogen-bond acceptors (Lipinski definition) is 4. The molecule has 2 unspecified atom stereocenters. The van der Waals surface area contributed by atoms with Gasteiger partial charge in [0.1, 0.15) is 11.9 Å². The van der Waals surface area contributed by atoms with E-state index in [4.69, 9.17) is 8.85 Å². The minimum Gasteiger partial charge on any atom is -0.409 e. The highest BCUT2D eigenvalue weighted by molar-refractivity contribution is 7.84. The van der Waals surface area contributed by atoms with Gasteiger partial charge in [-0.25, -0.2) is 13.3 Å². The minimum absolute atomic E-state index is 0.0266. The Morgan fingerprint density at radius 2 is 1.42 bits per heavy atom. The van der Waals surface area contributed by atoms with Gasteiger partial charge in [0.2, 0.25) is 0 Å². The largest absolute Gasteiger partial charge is 0.409 e. The Kier molecular flexibility index (Phi) is 10.5. The standard InChI is InChI=1S/C27H49FN2O3SSi2/c1-19(30-34(31)25(2,3)4)23(32-35(11,12)26(5,6)7)24(33-36(13,14)27(8,9)10)20-15-16-22(28)21(17-20)18-29/h15-17,19,23-24,30H,1-14H3/t19-,23-,24?,34?/m0/s1. The molecule has 0 saturated carbocycles. The molecule has 0 aliphatic carbocycles. The first-order valence-corrected chi connectivity index (χ1v) is 19.6. The maximum atomic E-state index is 14.3. The smallest absolute Gasteiger partial charge is 0.193 e. The molecule has 0 radical (unpaired) electrons. The van der Waals surface area contributed by atoms with Crippen LogP contribution in [-0.2, 0) is 19.8 Å². The number of nitrogens with one attached hydrogen (secondary N) is 1. The molecule has 1 aromatic rings. The van der Waals surface area contributed by atoms with Crippen molar-refractivity contribution in [2.75, 3.05) is 0 Å². The lowest BCUT2D eigenvalue weighted by Crippen LogP contribution is -2.55. The van der Waals surface area contributed by atoms with Crippen LogP contribution < -0.4 is 4.72 Å². The van der Waals surface area contributed by atoms with E-state index in [1.807, 2.05) is 33.8 Å². The summed E-state index contributed by atoms with van der Waals surface area (Å²) in [6.45, 7) is 29.5. The maximum Gasteiger partial charge on any atom is 0.193 e. The summed E-state index contributed by atoms with van der Waals surface area (Å²) < 4.78 is 44.3. The highest BCUT2D eigenvalue weighted by Gasteiger charge is 2.47. The molecule has 1 rings (SSSR count). The number of nitriles is 1. The van der Waals surface area contributed by atoms with Crippen molar-refractivity contribution < 1.29 is 17.5 Å². The van der Waals surface area contributed by atoms with Crippen molar-refractivity contribution in [2.45, 2.75) is 128 Å². The van der Waals surface area contributed by atoms with Crippen LogP contribution in [0.15, 0.2) is 18.2 Å². The van der Waals surface area contributed by atoms with Gasteiger partial charge < -0.3 is 8.85 Å². The van der Waals surface area contributed by atoms with Crippen LogP contribution >= 0.6 is 0 Å². The van der Waals surface area contributed by atoms with Gasteiger partial charge in [0.25, 0.3) is 0 Å². The molecule has 0 spiro atoms. The molecular weight excluding hydrogens is 508 g/mol. The first-order chi connectivity index (χ1) is 15.9. The van der Waals surface area contributed by atoms with E-state index in [0.717, 1.165) is 0 Å². The lowest BCUT2D eigenvalue weighted by molar-refractivity contribution is 0.0189. The molecule has 36 heavy (non-hydrogen) atoms. The summed E-state index contributed by atoms with van der Waals surface area (Å²) in [4.78, 5) is 0. The Labute approximate surface area is 224 Å². The summed E-state index contributed by atoms with van der Waals surface area (Å²) in [6.07, 6.45) is -1.09. The van der Waals surface area contributed by atoms with Crippen LogP contribution in [0.25, 0.3) is 0 Å². The van der Waals surface area contributed by atoms with Gasteiger partial charge in [0, 0.05) is 6.04 Å². The fourth-order valence-corrected chi connectivity index (χ4v) is 6.43. The van der Waals surface area contributed by atoms with Crippen molar-refractivity contribution in [3.8, 4) is 6.07 Å². The van der Waals surface area contributed by atoms with Gasteiger partial charge in [-0.3, -0.25) is 0 Å². The van der Waals surface area contributed by atoms with Gasteiger partial charge in [0.05, 0.1) is 33.5 Å². The van der Waals surface area contributed by atoms with E-state index in [1.165, 1.54) is 6.07 Å². The molecule has 0 aromatic heterocycles. The number of nitrogens with zero attached hydrogens (tertiary/aromatic N) is 1. The van der Waals surface area contributed by atoms with Crippen LogP contribution in [0.2, 0.25) is 36.3 Å². The summed E-state index contributed by atoms with van der Waals surface area (Å²) in [5, 5.41) is 9.38. The SMILES string of the molecule is C[C@H](NS(=O)C(C)(C)C)[C@H](O[Si](C)(C)C(C)(C)C)C(O[Si](C)(C)C(C)(C)C)c1ccc(F)c(C#N)c1. The van der Waals surface area contributed by atoms with Gasteiger partial charge in [-0.2, -0.15) is 5.26 Å². The van der Waals surface area contributed by atoms with E-state index in [0.29, 0.717) is 5.56 Å². The molecule has 0 amide bonds. The van der Waals surface area contributed by atoms with Crippen molar-refractivity contribution in [1.29, 1.82) is 5.26 Å². The van der Waals surface area contributed by atoms with Gasteiger partial charge in [-0.1, -0.05) is 47.6 Å². The van der Waals surface area contributed by atoms with E-state index in [1.54, 1.807) is 12.1 Å². The lowest BCUT2D eigenvalue weighted by atomic mass is 9.98. The van der Waals surface area contributed by atoms with Crippen molar-refractivity contribution in [1.82, 2.24) is 4.72 Å². The van der Waals surface area contributed by atoms with Crippen LogP contribution in [0.1, 0.15) is 86.5 Å². The highest BCUT2D eigenvalue weighted by Crippen LogP contribution is 2.44. The van der Waals surface area contributed by atoms with Gasteiger partial charge in [0.15, 0.2) is 16.6 Å². The van der Waals surface area contributed by atoms with Crippen LogP contribution in [0.3, 0.4) is 0 Å². The molecule has 0 aliphatic heterocycles. The molecule has 4 atom stereocenters. The molecule has 0 aliphatic rings. The molecule has 0 bridgehead atoms. The summed E-state index contributed by atoms with van der Waals surface area (Å²) >= 11 is 0. The Bertz CT molecular complexity index is 973. The molecule has 1 N–H and O–H groups in total. The van der Waals surface area contributed by atoms with Crippen LogP contribution in [0.4, 0.5) is 4.39 Å². The zero-order valence-electron chi connectivity index (χ0n) is 24.9. The normalized spacial score (nSPS) is 17.3. The number of hydrogen-bond donors (Lipinski definition) is 1. The molecule has 206 valence electrons. The Morgan fingerprint density at radius 1 is 0.944 bits per heavy atom.